The molecule has 0 saturated heterocycles. The van der Waals surface area contributed by atoms with E-state index in [0.717, 1.165) is 12.4 Å². The first-order chi connectivity index (χ1) is 4.25. The molecule has 0 unspecified atom stereocenters. The van der Waals surface area contributed by atoms with Gasteiger partial charge in [0.15, 0.2) is 0 Å². The Bertz CT molecular complexity index is 151. The zero-order valence-electron chi connectivity index (χ0n) is 5.70. The average Bonchev–Trinajstić information content (AvgIpc) is 2.15. The van der Waals surface area contributed by atoms with E-state index in [1.165, 1.54) is 0 Å². The van der Waals surface area contributed by atoms with Crippen LogP contribution in [0.5, 0.6) is 0 Å². The molecule has 0 atom stereocenters. The number of hydrogen-bond acceptors (Lipinski definition) is 4. The highest BCUT2D eigenvalue weighted by Crippen LogP contribution is 2.14. The predicted octanol–water partition coefficient (Wildman–Crippen LogP) is 1.01. The molecule has 0 amide bonds. The van der Waals surface area contributed by atoms with Crippen LogP contribution in [0.25, 0.3) is 0 Å². The number of hydrogen-bond donors (Lipinski definition) is 0. The molecule has 1 aliphatic rings. The van der Waals surface area contributed by atoms with Gasteiger partial charge in [0.2, 0.25) is 0 Å². The van der Waals surface area contributed by atoms with Crippen LogP contribution in [-0.2, 0) is 0 Å². The van der Waals surface area contributed by atoms with Gasteiger partial charge in [-0.15, -0.1) is 0 Å². The minimum atomic E-state index is 0.826. The second-order valence-corrected chi connectivity index (χ2v) is 1.83. The molecule has 0 spiro atoms. The highest BCUT2D eigenvalue weighted by atomic mass is 15.8. The maximum atomic E-state index is 3.80. The monoisotopic (exact) mass is 126 g/mol. The average molecular weight is 126 g/mol. The van der Waals surface area contributed by atoms with Crippen molar-refractivity contribution in [2.45, 2.75) is 6.92 Å². The van der Waals surface area contributed by atoms with Gasteiger partial charge < -0.3 is 0 Å². The van der Waals surface area contributed by atoms with Crippen LogP contribution in [0.3, 0.4) is 0 Å². The molecule has 0 fully saturated rings. The van der Waals surface area contributed by atoms with E-state index in [1.807, 2.05) is 14.0 Å². The summed E-state index contributed by atoms with van der Waals surface area (Å²) in [6.45, 7) is 6.58. The van der Waals surface area contributed by atoms with Crippen molar-refractivity contribution in [3.05, 3.63) is 12.4 Å². The molecule has 50 valence electrons. The van der Waals surface area contributed by atoms with E-state index in [2.05, 4.69) is 17.0 Å². The molecule has 0 aromatic carbocycles. The summed E-state index contributed by atoms with van der Waals surface area (Å²) in [5.74, 6) is 0.831. The van der Waals surface area contributed by atoms with E-state index in [0.29, 0.717) is 0 Å². The van der Waals surface area contributed by atoms with Crippen LogP contribution in [0, 0.1) is 0 Å². The minimum Gasteiger partial charge on any atom is -0.232 e. The van der Waals surface area contributed by atoms with E-state index in [1.54, 1.807) is 10.0 Å². The molecule has 1 rings (SSSR count). The Morgan fingerprint density at radius 1 is 1.56 bits per heavy atom. The van der Waals surface area contributed by atoms with Crippen LogP contribution in [-0.4, -0.2) is 23.6 Å². The molecule has 0 saturated carbocycles. The fourth-order valence-corrected chi connectivity index (χ4v) is 0.624. The standard InChI is InChI=1S/C5H10N4/c1-4-9-5(2)8(3)6-7-9/h2,4H2,1,3H3. The van der Waals surface area contributed by atoms with E-state index in [4.69, 9.17) is 0 Å². The molecular formula is C5H10N4. The molecule has 0 aromatic rings. The van der Waals surface area contributed by atoms with Crippen molar-refractivity contribution in [2.75, 3.05) is 13.6 Å². The van der Waals surface area contributed by atoms with E-state index < -0.39 is 0 Å². The molecule has 0 N–H and O–H groups in total. The normalized spacial score (nSPS) is 17.8. The quantitative estimate of drug-likeness (QED) is 0.525. The van der Waals surface area contributed by atoms with Crippen LogP contribution in [0.1, 0.15) is 6.92 Å². The lowest BCUT2D eigenvalue weighted by Crippen LogP contribution is -2.17. The zero-order chi connectivity index (χ0) is 6.85. The zero-order valence-corrected chi connectivity index (χ0v) is 5.70. The lowest BCUT2D eigenvalue weighted by atomic mass is 10.6. The molecule has 4 nitrogen and oxygen atoms in total. The largest absolute Gasteiger partial charge is 0.232 e. The summed E-state index contributed by atoms with van der Waals surface area (Å²) >= 11 is 0. The van der Waals surface area contributed by atoms with Gasteiger partial charge in [0.1, 0.15) is 5.82 Å². The number of rotatable bonds is 1. The third-order valence-corrected chi connectivity index (χ3v) is 1.25. The van der Waals surface area contributed by atoms with Crippen molar-refractivity contribution in [1.82, 2.24) is 10.0 Å². The van der Waals surface area contributed by atoms with E-state index in [9.17, 15) is 0 Å². The summed E-state index contributed by atoms with van der Waals surface area (Å²) < 4.78 is 0. The Hall–Kier alpha value is -1.06. The van der Waals surface area contributed by atoms with Gasteiger partial charge in [-0.3, -0.25) is 0 Å². The third kappa shape index (κ3) is 0.872. The molecule has 0 aromatic heterocycles. The lowest BCUT2D eigenvalue weighted by molar-refractivity contribution is 0.345. The van der Waals surface area contributed by atoms with Crippen LogP contribution in [0.4, 0.5) is 0 Å². The lowest BCUT2D eigenvalue weighted by Gasteiger charge is -2.12. The van der Waals surface area contributed by atoms with Crippen LogP contribution < -0.4 is 0 Å². The SMILES string of the molecule is C=C1N(C)N=NN1CC. The molecule has 0 radical (unpaired) electrons. The Labute approximate surface area is 54.4 Å². The van der Waals surface area contributed by atoms with Gasteiger partial charge in [0, 0.05) is 13.6 Å². The third-order valence-electron chi connectivity index (χ3n) is 1.25. The fraction of sp³-hybridized carbons (Fsp3) is 0.600. The minimum absolute atomic E-state index is 0.826. The number of nitrogens with zero attached hydrogens (tertiary/aromatic N) is 4. The molecule has 9 heavy (non-hydrogen) atoms. The highest BCUT2D eigenvalue weighted by Gasteiger charge is 2.14. The summed E-state index contributed by atoms with van der Waals surface area (Å²) in [5.41, 5.74) is 0. The van der Waals surface area contributed by atoms with Gasteiger partial charge in [-0.2, -0.15) is 0 Å². The van der Waals surface area contributed by atoms with Gasteiger partial charge in [-0.25, -0.2) is 10.0 Å². The van der Waals surface area contributed by atoms with Crippen molar-refractivity contribution < 1.29 is 0 Å². The van der Waals surface area contributed by atoms with Gasteiger partial charge in [-0.1, -0.05) is 6.58 Å². The van der Waals surface area contributed by atoms with Gasteiger partial charge in [-0.05, 0) is 17.4 Å². The van der Waals surface area contributed by atoms with Crippen LogP contribution >= 0.6 is 0 Å². The first-order valence-electron chi connectivity index (χ1n) is 2.87. The highest BCUT2D eigenvalue weighted by molar-refractivity contribution is 4.90. The van der Waals surface area contributed by atoms with Crippen molar-refractivity contribution in [2.24, 2.45) is 10.4 Å². The molecule has 4 heteroatoms. The topological polar surface area (TPSA) is 31.2 Å². The summed E-state index contributed by atoms with van der Waals surface area (Å²) in [5, 5.41) is 10.9. The second-order valence-electron chi connectivity index (χ2n) is 1.83. The van der Waals surface area contributed by atoms with Crippen molar-refractivity contribution in [3.8, 4) is 0 Å². The van der Waals surface area contributed by atoms with Crippen molar-refractivity contribution >= 4 is 0 Å². The van der Waals surface area contributed by atoms with E-state index in [-0.39, 0.29) is 0 Å². The first-order valence-corrected chi connectivity index (χ1v) is 2.87. The van der Waals surface area contributed by atoms with Gasteiger partial charge in [0.25, 0.3) is 0 Å². The summed E-state index contributed by atoms with van der Waals surface area (Å²) in [6.07, 6.45) is 0. The Balaban J connectivity index is 2.62. The van der Waals surface area contributed by atoms with Gasteiger partial charge in [0.05, 0.1) is 0 Å². The Kier molecular flexibility index (Phi) is 1.38. The van der Waals surface area contributed by atoms with Crippen molar-refractivity contribution in [3.63, 3.8) is 0 Å². The molecule has 1 aliphatic heterocycles. The summed E-state index contributed by atoms with van der Waals surface area (Å²) in [6, 6.07) is 0. The Morgan fingerprint density at radius 3 is 2.44 bits per heavy atom. The molecule has 1 heterocycles. The Morgan fingerprint density at radius 2 is 2.22 bits per heavy atom. The van der Waals surface area contributed by atoms with E-state index >= 15 is 0 Å². The maximum Gasteiger partial charge on any atom is 0.141 e. The van der Waals surface area contributed by atoms with Crippen molar-refractivity contribution in [1.29, 1.82) is 0 Å². The molecule has 0 bridgehead atoms. The fourth-order valence-electron chi connectivity index (χ4n) is 0.624. The molecular weight excluding hydrogens is 116 g/mol. The second kappa shape index (κ2) is 2.05. The summed E-state index contributed by atoms with van der Waals surface area (Å²) in [7, 11) is 1.82. The van der Waals surface area contributed by atoms with Crippen LogP contribution in [0.15, 0.2) is 22.8 Å². The first kappa shape index (κ1) is 6.07. The van der Waals surface area contributed by atoms with Crippen LogP contribution in [0.2, 0.25) is 0 Å². The summed E-state index contributed by atoms with van der Waals surface area (Å²) in [4.78, 5) is 0. The molecule has 0 aliphatic carbocycles. The predicted molar refractivity (Wildman–Crippen MR) is 34.1 cm³/mol. The van der Waals surface area contributed by atoms with Gasteiger partial charge >= 0.3 is 0 Å². The maximum absolute atomic E-state index is 3.80. The smallest absolute Gasteiger partial charge is 0.141 e.